The minimum atomic E-state index is -2.27. The standard InChI is InChI=1S/C13H27F2N/c1-4-6-7-8-9-10-13(3,12(14)15)16-11-5-2/h12,16H,4-11H2,1-3H3. The molecule has 0 spiro atoms. The molecule has 0 rings (SSSR count). The monoisotopic (exact) mass is 235 g/mol. The Kier molecular flexibility index (Phi) is 8.81. The first-order valence-electron chi connectivity index (χ1n) is 6.60. The van der Waals surface area contributed by atoms with Gasteiger partial charge in [-0.15, -0.1) is 0 Å². The zero-order chi connectivity index (χ0) is 12.4. The molecule has 16 heavy (non-hydrogen) atoms. The lowest BCUT2D eigenvalue weighted by Gasteiger charge is -2.30. The average Bonchev–Trinajstić information content (AvgIpc) is 2.26. The maximum Gasteiger partial charge on any atom is 0.256 e. The van der Waals surface area contributed by atoms with E-state index in [-0.39, 0.29) is 0 Å². The quantitative estimate of drug-likeness (QED) is 0.554. The molecule has 0 aromatic carbocycles. The number of rotatable bonds is 10. The summed E-state index contributed by atoms with van der Waals surface area (Å²) in [6.45, 7) is 6.48. The lowest BCUT2D eigenvalue weighted by Crippen LogP contribution is -2.48. The van der Waals surface area contributed by atoms with Crippen LogP contribution in [0, 0.1) is 0 Å². The van der Waals surface area contributed by atoms with Gasteiger partial charge < -0.3 is 5.32 Å². The summed E-state index contributed by atoms with van der Waals surface area (Å²) in [4.78, 5) is 0. The van der Waals surface area contributed by atoms with Crippen LogP contribution in [0.5, 0.6) is 0 Å². The molecule has 0 radical (unpaired) electrons. The molecule has 0 aliphatic carbocycles. The van der Waals surface area contributed by atoms with E-state index in [0.717, 1.165) is 19.3 Å². The maximum atomic E-state index is 12.9. The second-order valence-electron chi connectivity index (χ2n) is 4.81. The van der Waals surface area contributed by atoms with Gasteiger partial charge in [0.1, 0.15) is 0 Å². The fourth-order valence-corrected chi connectivity index (χ4v) is 1.78. The molecule has 98 valence electrons. The van der Waals surface area contributed by atoms with Crippen LogP contribution in [0.25, 0.3) is 0 Å². The van der Waals surface area contributed by atoms with Crippen molar-refractivity contribution in [1.82, 2.24) is 5.32 Å². The Morgan fingerprint density at radius 1 is 1.00 bits per heavy atom. The number of halogens is 2. The largest absolute Gasteiger partial charge is 0.307 e. The summed E-state index contributed by atoms with van der Waals surface area (Å²) in [6.07, 6.45) is 4.76. The van der Waals surface area contributed by atoms with E-state index in [9.17, 15) is 8.78 Å². The van der Waals surface area contributed by atoms with E-state index in [1.54, 1.807) is 6.92 Å². The van der Waals surface area contributed by atoms with E-state index in [1.165, 1.54) is 19.3 Å². The first kappa shape index (κ1) is 15.8. The van der Waals surface area contributed by atoms with Gasteiger partial charge in [0.25, 0.3) is 6.43 Å². The van der Waals surface area contributed by atoms with Gasteiger partial charge in [-0.3, -0.25) is 0 Å². The Morgan fingerprint density at radius 3 is 2.12 bits per heavy atom. The van der Waals surface area contributed by atoms with E-state index < -0.39 is 12.0 Å². The highest BCUT2D eigenvalue weighted by molar-refractivity contribution is 4.85. The number of hydrogen-bond donors (Lipinski definition) is 1. The minimum Gasteiger partial charge on any atom is -0.307 e. The molecule has 0 heterocycles. The van der Waals surface area contributed by atoms with E-state index in [4.69, 9.17) is 0 Å². The van der Waals surface area contributed by atoms with Crippen LogP contribution >= 0.6 is 0 Å². The van der Waals surface area contributed by atoms with Gasteiger partial charge in [0, 0.05) is 0 Å². The molecule has 0 aromatic heterocycles. The molecule has 0 aliphatic rings. The Balaban J connectivity index is 3.83. The second-order valence-corrected chi connectivity index (χ2v) is 4.81. The molecule has 0 aromatic rings. The summed E-state index contributed by atoms with van der Waals surface area (Å²) in [5, 5.41) is 2.99. The predicted octanol–water partition coefficient (Wildman–Crippen LogP) is 4.37. The molecule has 0 saturated carbocycles. The molecule has 0 aliphatic heterocycles. The maximum absolute atomic E-state index is 12.9. The van der Waals surface area contributed by atoms with Crippen molar-refractivity contribution >= 4 is 0 Å². The highest BCUT2D eigenvalue weighted by atomic mass is 19.3. The predicted molar refractivity (Wildman–Crippen MR) is 66.1 cm³/mol. The number of unbranched alkanes of at least 4 members (excludes halogenated alkanes) is 4. The van der Waals surface area contributed by atoms with Crippen molar-refractivity contribution in [3.8, 4) is 0 Å². The van der Waals surface area contributed by atoms with Crippen LogP contribution < -0.4 is 5.32 Å². The molecule has 3 heteroatoms. The van der Waals surface area contributed by atoms with Gasteiger partial charge in [0.15, 0.2) is 0 Å². The lowest BCUT2D eigenvalue weighted by molar-refractivity contribution is 0.0338. The van der Waals surface area contributed by atoms with Crippen molar-refractivity contribution in [2.75, 3.05) is 6.54 Å². The fourth-order valence-electron chi connectivity index (χ4n) is 1.78. The number of hydrogen-bond acceptors (Lipinski definition) is 1. The Labute approximate surface area is 99.0 Å². The van der Waals surface area contributed by atoms with E-state index >= 15 is 0 Å². The van der Waals surface area contributed by atoms with Crippen LogP contribution in [0.1, 0.15) is 65.7 Å². The molecule has 1 N–H and O–H groups in total. The number of nitrogens with one attached hydrogen (secondary N) is 1. The van der Waals surface area contributed by atoms with Gasteiger partial charge >= 0.3 is 0 Å². The molecule has 0 fully saturated rings. The van der Waals surface area contributed by atoms with Gasteiger partial charge in [-0.1, -0.05) is 46.0 Å². The number of alkyl halides is 2. The van der Waals surface area contributed by atoms with Crippen LogP contribution in [0.3, 0.4) is 0 Å². The molecular formula is C13H27F2N. The Bertz CT molecular complexity index is 162. The van der Waals surface area contributed by atoms with Crippen LogP contribution in [-0.2, 0) is 0 Å². The van der Waals surface area contributed by atoms with Crippen LogP contribution in [0.15, 0.2) is 0 Å². The summed E-state index contributed by atoms with van der Waals surface area (Å²) in [7, 11) is 0. The molecule has 1 atom stereocenters. The van der Waals surface area contributed by atoms with Gasteiger partial charge in [-0.05, 0) is 26.3 Å². The molecule has 0 amide bonds. The van der Waals surface area contributed by atoms with Crippen molar-refractivity contribution in [1.29, 1.82) is 0 Å². The minimum absolute atomic E-state index is 0.578. The highest BCUT2D eigenvalue weighted by Crippen LogP contribution is 2.23. The highest BCUT2D eigenvalue weighted by Gasteiger charge is 2.33. The van der Waals surface area contributed by atoms with Gasteiger partial charge in [0.2, 0.25) is 0 Å². The average molecular weight is 235 g/mol. The summed E-state index contributed by atoms with van der Waals surface area (Å²) in [6, 6.07) is 0. The molecule has 1 unspecified atom stereocenters. The van der Waals surface area contributed by atoms with Crippen molar-refractivity contribution in [2.24, 2.45) is 0 Å². The molecule has 0 saturated heterocycles. The van der Waals surface area contributed by atoms with Crippen molar-refractivity contribution in [2.45, 2.75) is 77.7 Å². The molecular weight excluding hydrogens is 208 g/mol. The summed E-state index contributed by atoms with van der Waals surface area (Å²) in [5.41, 5.74) is -0.984. The van der Waals surface area contributed by atoms with Crippen LogP contribution in [-0.4, -0.2) is 18.5 Å². The zero-order valence-corrected chi connectivity index (χ0v) is 11.0. The smallest absolute Gasteiger partial charge is 0.256 e. The van der Waals surface area contributed by atoms with Gasteiger partial charge in [0.05, 0.1) is 5.54 Å². The Morgan fingerprint density at radius 2 is 1.62 bits per heavy atom. The van der Waals surface area contributed by atoms with Gasteiger partial charge in [-0.2, -0.15) is 0 Å². The summed E-state index contributed by atoms with van der Waals surface area (Å²) < 4.78 is 25.8. The lowest BCUT2D eigenvalue weighted by atomic mass is 9.94. The first-order valence-corrected chi connectivity index (χ1v) is 6.60. The van der Waals surface area contributed by atoms with Crippen molar-refractivity contribution in [3.63, 3.8) is 0 Å². The third-order valence-corrected chi connectivity index (χ3v) is 3.06. The topological polar surface area (TPSA) is 12.0 Å². The Hall–Kier alpha value is -0.180. The third kappa shape index (κ3) is 6.41. The molecule has 0 bridgehead atoms. The SMILES string of the molecule is CCCCCCCC(C)(NCCC)C(F)F. The molecule has 1 nitrogen and oxygen atoms in total. The van der Waals surface area contributed by atoms with Gasteiger partial charge in [-0.25, -0.2) is 8.78 Å². The normalized spacial score (nSPS) is 15.4. The van der Waals surface area contributed by atoms with E-state index in [1.807, 2.05) is 6.92 Å². The second kappa shape index (κ2) is 8.91. The fraction of sp³-hybridized carbons (Fsp3) is 1.00. The first-order chi connectivity index (χ1) is 7.56. The summed E-state index contributed by atoms with van der Waals surface area (Å²) >= 11 is 0. The van der Waals surface area contributed by atoms with Crippen molar-refractivity contribution < 1.29 is 8.78 Å². The van der Waals surface area contributed by atoms with Crippen LogP contribution in [0.2, 0.25) is 0 Å². The van der Waals surface area contributed by atoms with E-state index in [2.05, 4.69) is 12.2 Å². The zero-order valence-electron chi connectivity index (χ0n) is 11.0. The summed E-state index contributed by atoms with van der Waals surface area (Å²) in [5.74, 6) is 0. The van der Waals surface area contributed by atoms with Crippen molar-refractivity contribution in [3.05, 3.63) is 0 Å². The third-order valence-electron chi connectivity index (χ3n) is 3.06. The van der Waals surface area contributed by atoms with Crippen LogP contribution in [0.4, 0.5) is 8.78 Å². The van der Waals surface area contributed by atoms with E-state index in [0.29, 0.717) is 13.0 Å².